The lowest BCUT2D eigenvalue weighted by atomic mass is 9.83. The Kier molecular flexibility index (Phi) is 4.49. The summed E-state index contributed by atoms with van der Waals surface area (Å²) in [4.78, 5) is 10.7. The van der Waals surface area contributed by atoms with Crippen molar-refractivity contribution in [1.82, 2.24) is 4.72 Å². The third kappa shape index (κ3) is 3.61. The minimum Gasteiger partial charge on any atom is -0.475 e. The molecule has 1 aromatic heterocycles. The highest BCUT2D eigenvalue weighted by Gasteiger charge is 2.24. The molecule has 20 heavy (non-hydrogen) atoms. The van der Waals surface area contributed by atoms with Gasteiger partial charge >= 0.3 is 5.97 Å². The van der Waals surface area contributed by atoms with Gasteiger partial charge in [-0.25, -0.2) is 17.9 Å². The molecule has 0 atom stereocenters. The van der Waals surface area contributed by atoms with Crippen LogP contribution in [-0.4, -0.2) is 26.0 Å². The summed E-state index contributed by atoms with van der Waals surface area (Å²) in [5.74, 6) is -0.606. The van der Waals surface area contributed by atoms with Crippen molar-refractivity contribution in [3.05, 3.63) is 17.9 Å². The number of aromatic carboxylic acids is 1. The van der Waals surface area contributed by atoms with Gasteiger partial charge in [0.1, 0.15) is 0 Å². The normalized spacial score (nSPS) is 23.6. The second-order valence-corrected chi connectivity index (χ2v) is 7.10. The van der Waals surface area contributed by atoms with Gasteiger partial charge in [-0.3, -0.25) is 0 Å². The van der Waals surface area contributed by atoms with Crippen LogP contribution in [0.5, 0.6) is 0 Å². The molecule has 1 saturated carbocycles. The number of carbonyl (C=O) groups is 1. The van der Waals surface area contributed by atoms with Crippen molar-refractivity contribution < 1.29 is 22.7 Å². The second-order valence-electron chi connectivity index (χ2n) is 5.40. The molecule has 0 bridgehead atoms. The van der Waals surface area contributed by atoms with E-state index in [1.54, 1.807) is 0 Å². The summed E-state index contributed by atoms with van der Waals surface area (Å²) >= 11 is 0. The minimum atomic E-state index is -3.77. The summed E-state index contributed by atoms with van der Waals surface area (Å²) in [6.07, 6.45) is 4.27. The maximum absolute atomic E-state index is 12.0. The summed E-state index contributed by atoms with van der Waals surface area (Å²) in [5.41, 5.74) is 0. The molecule has 0 amide bonds. The minimum absolute atomic E-state index is 0.342. The summed E-state index contributed by atoms with van der Waals surface area (Å²) in [5, 5.41) is 8.37. The zero-order chi connectivity index (χ0) is 14.8. The van der Waals surface area contributed by atoms with Gasteiger partial charge in [0.2, 0.25) is 10.9 Å². The molecular weight excluding hydrogens is 282 g/mol. The fourth-order valence-electron chi connectivity index (χ4n) is 2.41. The highest BCUT2D eigenvalue weighted by molar-refractivity contribution is 7.89. The Balaban J connectivity index is 1.95. The van der Waals surface area contributed by atoms with Crippen molar-refractivity contribution in [3.63, 3.8) is 0 Å². The largest absolute Gasteiger partial charge is 0.475 e. The molecule has 1 aromatic rings. The summed E-state index contributed by atoms with van der Waals surface area (Å²) in [6, 6.07) is 2.30. The molecule has 0 unspecified atom stereocenters. The molecule has 1 aliphatic rings. The first-order chi connectivity index (χ1) is 9.38. The van der Waals surface area contributed by atoms with Gasteiger partial charge in [-0.05, 0) is 36.8 Å². The fourth-order valence-corrected chi connectivity index (χ4v) is 3.46. The van der Waals surface area contributed by atoms with Gasteiger partial charge in [-0.1, -0.05) is 19.8 Å². The van der Waals surface area contributed by atoms with E-state index in [0.717, 1.165) is 37.8 Å². The van der Waals surface area contributed by atoms with Crippen LogP contribution < -0.4 is 4.72 Å². The van der Waals surface area contributed by atoms with Crippen LogP contribution >= 0.6 is 0 Å². The van der Waals surface area contributed by atoms with E-state index in [1.807, 2.05) is 0 Å². The summed E-state index contributed by atoms with van der Waals surface area (Å²) < 4.78 is 31.3. The van der Waals surface area contributed by atoms with Gasteiger partial charge in [0.15, 0.2) is 0 Å². The van der Waals surface area contributed by atoms with E-state index in [-0.39, 0.29) is 10.9 Å². The first-order valence-electron chi connectivity index (χ1n) is 6.71. The number of carboxylic acid groups (broad SMARTS) is 1. The van der Waals surface area contributed by atoms with Crippen LogP contribution in [-0.2, 0) is 10.0 Å². The summed E-state index contributed by atoms with van der Waals surface area (Å²) in [6.45, 7) is 2.58. The van der Waals surface area contributed by atoms with E-state index in [2.05, 4.69) is 11.6 Å². The predicted octanol–water partition coefficient (Wildman–Crippen LogP) is 2.08. The van der Waals surface area contributed by atoms with Gasteiger partial charge in [-0.2, -0.15) is 0 Å². The molecule has 1 fully saturated rings. The third-order valence-corrected chi connectivity index (χ3v) is 5.05. The molecule has 0 aromatic carbocycles. The van der Waals surface area contributed by atoms with Crippen molar-refractivity contribution in [1.29, 1.82) is 0 Å². The average Bonchev–Trinajstić information content (AvgIpc) is 2.89. The Morgan fingerprint density at radius 1 is 1.35 bits per heavy atom. The van der Waals surface area contributed by atoms with E-state index >= 15 is 0 Å². The van der Waals surface area contributed by atoms with E-state index in [1.165, 1.54) is 0 Å². The highest BCUT2D eigenvalue weighted by Crippen LogP contribution is 2.28. The molecule has 1 aliphatic carbocycles. The number of hydrogen-bond donors (Lipinski definition) is 2. The second kappa shape index (κ2) is 5.97. The van der Waals surface area contributed by atoms with Crippen molar-refractivity contribution in [2.45, 2.75) is 37.7 Å². The number of furan rings is 1. The maximum atomic E-state index is 12.0. The lowest BCUT2D eigenvalue weighted by molar-refractivity contribution is 0.0656. The fraction of sp³-hybridized carbons (Fsp3) is 0.615. The quantitative estimate of drug-likeness (QED) is 0.868. The first kappa shape index (κ1) is 15.1. The Hall–Kier alpha value is -1.34. The molecule has 6 nitrogen and oxygen atoms in total. The lowest BCUT2D eigenvalue weighted by Crippen LogP contribution is -2.31. The topological polar surface area (TPSA) is 96.6 Å². The number of hydrogen-bond acceptors (Lipinski definition) is 4. The average molecular weight is 301 g/mol. The Morgan fingerprint density at radius 2 is 2.00 bits per heavy atom. The zero-order valence-corrected chi connectivity index (χ0v) is 12.1. The predicted molar refractivity (Wildman–Crippen MR) is 72.0 cm³/mol. The first-order valence-corrected chi connectivity index (χ1v) is 8.19. The van der Waals surface area contributed by atoms with Crippen LogP contribution in [0.2, 0.25) is 0 Å². The van der Waals surface area contributed by atoms with Gasteiger partial charge < -0.3 is 9.52 Å². The third-order valence-electron chi connectivity index (χ3n) is 3.75. The van der Waals surface area contributed by atoms with Crippen LogP contribution in [0.25, 0.3) is 0 Å². The van der Waals surface area contributed by atoms with Crippen molar-refractivity contribution in [2.24, 2.45) is 11.8 Å². The Morgan fingerprint density at radius 3 is 2.55 bits per heavy atom. The van der Waals surface area contributed by atoms with E-state index in [4.69, 9.17) is 9.52 Å². The molecule has 7 heteroatoms. The van der Waals surface area contributed by atoms with Crippen molar-refractivity contribution in [2.75, 3.05) is 6.54 Å². The molecular formula is C13H19NO5S. The van der Waals surface area contributed by atoms with Crippen LogP contribution in [0.1, 0.15) is 43.2 Å². The van der Waals surface area contributed by atoms with E-state index < -0.39 is 16.0 Å². The van der Waals surface area contributed by atoms with Crippen LogP contribution in [0.4, 0.5) is 0 Å². The van der Waals surface area contributed by atoms with E-state index in [0.29, 0.717) is 18.4 Å². The zero-order valence-electron chi connectivity index (χ0n) is 11.3. The molecule has 0 radical (unpaired) electrons. The SMILES string of the molecule is CC1CCC(CNS(=O)(=O)c2ccc(C(=O)O)o2)CC1. The van der Waals surface area contributed by atoms with Crippen molar-refractivity contribution in [3.8, 4) is 0 Å². The number of rotatable bonds is 5. The number of nitrogens with one attached hydrogen (secondary N) is 1. The molecule has 0 aliphatic heterocycles. The molecule has 2 N–H and O–H groups in total. The lowest BCUT2D eigenvalue weighted by Gasteiger charge is -2.25. The Labute approximate surface area is 118 Å². The van der Waals surface area contributed by atoms with Gasteiger partial charge in [0.05, 0.1) is 0 Å². The molecule has 112 valence electrons. The molecule has 0 spiro atoms. The van der Waals surface area contributed by atoms with Gasteiger partial charge in [0.25, 0.3) is 10.0 Å². The van der Waals surface area contributed by atoms with Gasteiger partial charge in [0, 0.05) is 6.54 Å². The molecule has 2 rings (SSSR count). The van der Waals surface area contributed by atoms with Crippen LogP contribution in [0.15, 0.2) is 21.6 Å². The number of sulfonamides is 1. The highest BCUT2D eigenvalue weighted by atomic mass is 32.2. The molecule has 0 saturated heterocycles. The summed E-state index contributed by atoms with van der Waals surface area (Å²) in [7, 11) is -3.77. The van der Waals surface area contributed by atoms with Crippen LogP contribution in [0.3, 0.4) is 0 Å². The Bertz CT molecular complexity index is 569. The number of carboxylic acids is 1. The van der Waals surface area contributed by atoms with Gasteiger partial charge in [-0.15, -0.1) is 0 Å². The van der Waals surface area contributed by atoms with Crippen molar-refractivity contribution >= 4 is 16.0 Å². The monoisotopic (exact) mass is 301 g/mol. The standard InChI is InChI=1S/C13H19NO5S/c1-9-2-4-10(5-3-9)8-14-20(17,18)12-7-6-11(19-12)13(15)16/h6-7,9-10,14H,2-5,8H2,1H3,(H,15,16). The smallest absolute Gasteiger partial charge is 0.371 e. The maximum Gasteiger partial charge on any atom is 0.371 e. The van der Waals surface area contributed by atoms with Crippen LogP contribution in [0, 0.1) is 11.8 Å². The molecule has 1 heterocycles. The van der Waals surface area contributed by atoms with E-state index in [9.17, 15) is 13.2 Å².